The minimum atomic E-state index is 0.768. The highest BCUT2D eigenvalue weighted by atomic mass is 35.5. The zero-order chi connectivity index (χ0) is 12.1. The van der Waals surface area contributed by atoms with E-state index in [1.165, 1.54) is 11.8 Å². The number of pyridine rings is 1. The molecule has 88 valence electrons. The number of nitrogens with zero attached hydrogens (tertiary/aromatic N) is 1. The summed E-state index contributed by atoms with van der Waals surface area (Å²) < 4.78 is 0.845. The molecule has 0 atom stereocenters. The largest absolute Gasteiger partial charge is 0.619 e. The molecule has 3 heteroatoms. The summed E-state index contributed by atoms with van der Waals surface area (Å²) in [5.41, 5.74) is 2.36. The van der Waals surface area contributed by atoms with E-state index in [-0.39, 0.29) is 0 Å². The number of halogens is 1. The van der Waals surface area contributed by atoms with Gasteiger partial charge in [0.15, 0.2) is 12.4 Å². The fraction of sp³-hybridized carbons (Fsp3) is 0.214. The average Bonchev–Trinajstić information content (AvgIpc) is 2.32. The molecule has 0 unspecified atom stereocenters. The molecule has 2 nitrogen and oxygen atoms in total. The van der Waals surface area contributed by atoms with Crippen LogP contribution in [0, 0.1) is 5.21 Å². The Morgan fingerprint density at radius 3 is 2.41 bits per heavy atom. The molecule has 1 aromatic carbocycles. The van der Waals surface area contributed by atoms with Crippen molar-refractivity contribution in [1.29, 1.82) is 0 Å². The Morgan fingerprint density at radius 1 is 1.00 bits per heavy atom. The quantitative estimate of drug-likeness (QED) is 0.602. The van der Waals surface area contributed by atoms with Crippen LogP contribution >= 0.6 is 11.6 Å². The van der Waals surface area contributed by atoms with Crippen LogP contribution in [0.4, 0.5) is 0 Å². The molecule has 0 fully saturated rings. The van der Waals surface area contributed by atoms with Crippen molar-refractivity contribution in [3.8, 4) is 0 Å². The fourth-order valence-corrected chi connectivity index (χ4v) is 1.92. The van der Waals surface area contributed by atoms with Gasteiger partial charge in [-0.3, -0.25) is 0 Å². The lowest BCUT2D eigenvalue weighted by Crippen LogP contribution is -2.24. The minimum absolute atomic E-state index is 0.768. The lowest BCUT2D eigenvalue weighted by Gasteiger charge is -2.02. The summed E-state index contributed by atoms with van der Waals surface area (Å²) in [7, 11) is 0. The SMILES string of the molecule is [O-][n+]1cccc(CCCc2ccc(Cl)cc2)c1. The van der Waals surface area contributed by atoms with Crippen LogP contribution in [0.5, 0.6) is 0 Å². The van der Waals surface area contributed by atoms with Crippen molar-refractivity contribution < 1.29 is 4.73 Å². The molecule has 2 aromatic rings. The van der Waals surface area contributed by atoms with Gasteiger partial charge < -0.3 is 5.21 Å². The maximum absolute atomic E-state index is 11.1. The van der Waals surface area contributed by atoms with Crippen LogP contribution in [0.3, 0.4) is 0 Å². The molecule has 0 radical (unpaired) electrons. The zero-order valence-electron chi connectivity index (χ0n) is 9.47. The van der Waals surface area contributed by atoms with Crippen molar-refractivity contribution in [3.63, 3.8) is 0 Å². The third-order valence-electron chi connectivity index (χ3n) is 2.68. The van der Waals surface area contributed by atoms with Gasteiger partial charge in [0.1, 0.15) is 0 Å². The van der Waals surface area contributed by atoms with Gasteiger partial charge in [0, 0.05) is 16.7 Å². The first-order valence-corrected chi connectivity index (χ1v) is 6.04. The Hall–Kier alpha value is -1.54. The Bertz CT molecular complexity index is 482. The number of aryl methyl sites for hydroxylation is 2. The van der Waals surface area contributed by atoms with Crippen molar-refractivity contribution in [2.75, 3.05) is 0 Å². The Morgan fingerprint density at radius 2 is 1.71 bits per heavy atom. The first-order valence-electron chi connectivity index (χ1n) is 5.66. The van der Waals surface area contributed by atoms with Crippen LogP contribution in [0.15, 0.2) is 48.8 Å². The molecular formula is C14H14ClNO. The topological polar surface area (TPSA) is 26.9 Å². The number of benzene rings is 1. The van der Waals surface area contributed by atoms with Crippen LogP contribution < -0.4 is 4.73 Å². The summed E-state index contributed by atoms with van der Waals surface area (Å²) in [6.45, 7) is 0. The molecule has 0 saturated heterocycles. The fourth-order valence-electron chi connectivity index (χ4n) is 1.80. The van der Waals surface area contributed by atoms with Crippen molar-refractivity contribution in [3.05, 3.63) is 70.1 Å². The maximum Gasteiger partial charge on any atom is 0.183 e. The second kappa shape index (κ2) is 5.69. The van der Waals surface area contributed by atoms with Crippen molar-refractivity contribution >= 4 is 11.6 Å². The van der Waals surface area contributed by atoms with E-state index in [4.69, 9.17) is 11.6 Å². The van der Waals surface area contributed by atoms with Crippen LogP contribution in [0.25, 0.3) is 0 Å². The van der Waals surface area contributed by atoms with Gasteiger partial charge >= 0.3 is 0 Å². The van der Waals surface area contributed by atoms with Crippen LogP contribution in [0.1, 0.15) is 17.5 Å². The van der Waals surface area contributed by atoms with E-state index in [2.05, 4.69) is 0 Å². The molecule has 2 rings (SSSR count). The van der Waals surface area contributed by atoms with E-state index < -0.39 is 0 Å². The van der Waals surface area contributed by atoms with E-state index in [1.807, 2.05) is 30.3 Å². The third-order valence-corrected chi connectivity index (χ3v) is 2.93. The number of hydrogen-bond acceptors (Lipinski definition) is 1. The standard InChI is InChI=1S/C14H14ClNO/c15-14-8-6-12(7-9-14)3-1-4-13-5-2-10-16(17)11-13/h2,5-11H,1,3-4H2. The molecule has 0 aliphatic carbocycles. The molecule has 17 heavy (non-hydrogen) atoms. The van der Waals surface area contributed by atoms with Crippen molar-refractivity contribution in [2.45, 2.75) is 19.3 Å². The van der Waals surface area contributed by atoms with E-state index >= 15 is 0 Å². The number of hydrogen-bond donors (Lipinski definition) is 0. The first-order chi connectivity index (χ1) is 8.24. The molecule has 0 saturated carbocycles. The average molecular weight is 248 g/mol. The van der Waals surface area contributed by atoms with E-state index in [9.17, 15) is 5.21 Å². The molecule has 1 aromatic heterocycles. The Labute approximate surface area is 106 Å². The zero-order valence-corrected chi connectivity index (χ0v) is 10.2. The van der Waals surface area contributed by atoms with Gasteiger partial charge in [-0.1, -0.05) is 23.7 Å². The molecule has 0 bridgehead atoms. The van der Waals surface area contributed by atoms with Crippen LogP contribution in [0.2, 0.25) is 5.02 Å². The molecule has 0 aliphatic rings. The lowest BCUT2D eigenvalue weighted by atomic mass is 10.1. The second-order valence-electron chi connectivity index (χ2n) is 4.05. The highest BCUT2D eigenvalue weighted by Gasteiger charge is 1.98. The van der Waals surface area contributed by atoms with Gasteiger partial charge in [0.25, 0.3) is 0 Å². The number of rotatable bonds is 4. The highest BCUT2D eigenvalue weighted by Crippen LogP contribution is 2.12. The molecule has 0 aliphatic heterocycles. The predicted octanol–water partition coefficient (Wildman–Crippen LogP) is 3.15. The van der Waals surface area contributed by atoms with E-state index in [1.54, 1.807) is 12.3 Å². The van der Waals surface area contributed by atoms with Gasteiger partial charge in [-0.2, -0.15) is 4.73 Å². The second-order valence-corrected chi connectivity index (χ2v) is 4.49. The highest BCUT2D eigenvalue weighted by molar-refractivity contribution is 6.30. The summed E-state index contributed by atoms with van der Waals surface area (Å²) in [6, 6.07) is 11.7. The summed E-state index contributed by atoms with van der Waals surface area (Å²) in [6.07, 6.45) is 6.09. The smallest absolute Gasteiger partial charge is 0.183 e. The Balaban J connectivity index is 1.85. The van der Waals surface area contributed by atoms with Crippen molar-refractivity contribution in [1.82, 2.24) is 0 Å². The van der Waals surface area contributed by atoms with Gasteiger partial charge in [-0.25, -0.2) is 0 Å². The summed E-state index contributed by atoms with van der Waals surface area (Å²) >= 11 is 5.82. The van der Waals surface area contributed by atoms with Gasteiger partial charge in [-0.05, 0) is 43.0 Å². The summed E-state index contributed by atoms with van der Waals surface area (Å²) in [5.74, 6) is 0. The first kappa shape index (κ1) is 11.9. The number of aromatic nitrogens is 1. The normalized spacial score (nSPS) is 10.4. The summed E-state index contributed by atoms with van der Waals surface area (Å²) in [4.78, 5) is 0. The molecule has 0 amide bonds. The van der Waals surface area contributed by atoms with Crippen molar-refractivity contribution in [2.24, 2.45) is 0 Å². The van der Waals surface area contributed by atoms with E-state index in [0.29, 0.717) is 0 Å². The summed E-state index contributed by atoms with van der Waals surface area (Å²) in [5, 5.41) is 11.8. The monoisotopic (exact) mass is 247 g/mol. The predicted molar refractivity (Wildman–Crippen MR) is 68.9 cm³/mol. The minimum Gasteiger partial charge on any atom is -0.619 e. The molecule has 1 heterocycles. The molecular weight excluding hydrogens is 234 g/mol. The van der Waals surface area contributed by atoms with Gasteiger partial charge in [-0.15, -0.1) is 0 Å². The van der Waals surface area contributed by atoms with E-state index in [0.717, 1.165) is 34.6 Å². The van der Waals surface area contributed by atoms with Crippen LogP contribution in [-0.2, 0) is 12.8 Å². The third kappa shape index (κ3) is 3.75. The Kier molecular flexibility index (Phi) is 3.99. The molecule has 0 spiro atoms. The maximum atomic E-state index is 11.1. The van der Waals surface area contributed by atoms with Gasteiger partial charge in [0.2, 0.25) is 0 Å². The molecule has 0 N–H and O–H groups in total. The lowest BCUT2D eigenvalue weighted by molar-refractivity contribution is -0.605. The van der Waals surface area contributed by atoms with Crippen LogP contribution in [-0.4, -0.2) is 0 Å². The van der Waals surface area contributed by atoms with Gasteiger partial charge in [0.05, 0.1) is 0 Å².